The van der Waals surface area contributed by atoms with Crippen molar-refractivity contribution >= 4 is 29.2 Å². The molecule has 0 spiro atoms. The summed E-state index contributed by atoms with van der Waals surface area (Å²) in [7, 11) is -1.69. The van der Waals surface area contributed by atoms with Gasteiger partial charge in [-0.25, -0.2) is 4.79 Å². The van der Waals surface area contributed by atoms with Crippen LogP contribution in [0.2, 0.25) is 0 Å². The van der Waals surface area contributed by atoms with E-state index in [-0.39, 0.29) is 10.3 Å². The second-order valence-electron chi connectivity index (χ2n) is 1.88. The lowest BCUT2D eigenvalue weighted by atomic mass is 9.86. The van der Waals surface area contributed by atoms with Gasteiger partial charge in [0.2, 0.25) is 0 Å². The Hall–Kier alpha value is -0.845. The first-order valence-electron chi connectivity index (χ1n) is 2.79. The SMILES string of the molecule is O=C(O)c1ccsc1B(O)O. The number of carboxylic acid groups (broad SMARTS) is 1. The molecule has 0 aliphatic carbocycles. The van der Waals surface area contributed by atoms with Gasteiger partial charge in [0.25, 0.3) is 0 Å². The Bertz CT molecular complexity index is 269. The van der Waals surface area contributed by atoms with Gasteiger partial charge in [-0.15, -0.1) is 0 Å². The van der Waals surface area contributed by atoms with Gasteiger partial charge in [0, 0.05) is 4.78 Å². The summed E-state index contributed by atoms with van der Waals surface area (Å²) < 4.78 is 0.0671. The quantitative estimate of drug-likeness (QED) is 0.506. The Kier molecular flexibility index (Phi) is 2.28. The number of thiophene rings is 1. The molecule has 1 aromatic heterocycles. The van der Waals surface area contributed by atoms with E-state index in [0.717, 1.165) is 11.3 Å². The normalized spacial score (nSPS) is 9.64. The zero-order chi connectivity index (χ0) is 8.43. The fraction of sp³-hybridized carbons (Fsp3) is 0. The molecule has 0 bridgehead atoms. The van der Waals surface area contributed by atoms with E-state index < -0.39 is 13.1 Å². The van der Waals surface area contributed by atoms with Gasteiger partial charge >= 0.3 is 13.1 Å². The highest BCUT2D eigenvalue weighted by molar-refractivity contribution is 7.21. The molecule has 0 saturated heterocycles. The van der Waals surface area contributed by atoms with E-state index in [1.165, 1.54) is 11.4 Å². The topological polar surface area (TPSA) is 77.8 Å². The van der Waals surface area contributed by atoms with Gasteiger partial charge in [0.15, 0.2) is 0 Å². The fourth-order valence-electron chi connectivity index (χ4n) is 0.698. The maximum Gasteiger partial charge on any atom is 0.499 e. The minimum Gasteiger partial charge on any atom is -0.478 e. The molecular formula is C5H5BO4S. The van der Waals surface area contributed by atoms with Gasteiger partial charge in [-0.1, -0.05) is 0 Å². The monoisotopic (exact) mass is 172 g/mol. The molecular weight excluding hydrogens is 167 g/mol. The first kappa shape index (κ1) is 8.25. The van der Waals surface area contributed by atoms with Crippen molar-refractivity contribution < 1.29 is 19.9 Å². The van der Waals surface area contributed by atoms with Crippen LogP contribution in [0.4, 0.5) is 0 Å². The summed E-state index contributed by atoms with van der Waals surface area (Å²) in [6, 6.07) is 1.34. The van der Waals surface area contributed by atoms with Crippen molar-refractivity contribution in [3.63, 3.8) is 0 Å². The van der Waals surface area contributed by atoms with E-state index in [4.69, 9.17) is 15.2 Å². The molecule has 11 heavy (non-hydrogen) atoms. The number of hydrogen-bond donors (Lipinski definition) is 3. The molecule has 3 N–H and O–H groups in total. The molecule has 0 atom stereocenters. The second-order valence-corrected chi connectivity index (χ2v) is 2.83. The van der Waals surface area contributed by atoms with Crippen LogP contribution in [-0.2, 0) is 0 Å². The minimum absolute atomic E-state index is 0.0509. The van der Waals surface area contributed by atoms with Gasteiger partial charge in [-0.3, -0.25) is 0 Å². The molecule has 0 aromatic carbocycles. The van der Waals surface area contributed by atoms with Crippen molar-refractivity contribution in [1.29, 1.82) is 0 Å². The Morgan fingerprint density at radius 1 is 1.55 bits per heavy atom. The van der Waals surface area contributed by atoms with Crippen LogP contribution in [0.3, 0.4) is 0 Å². The minimum atomic E-state index is -1.69. The average molecular weight is 172 g/mol. The summed E-state index contributed by atoms with van der Waals surface area (Å²) in [6.45, 7) is 0. The zero-order valence-corrected chi connectivity index (χ0v) is 6.21. The number of hydrogen-bond acceptors (Lipinski definition) is 4. The first-order chi connectivity index (χ1) is 5.13. The van der Waals surface area contributed by atoms with Gasteiger partial charge in [0.05, 0.1) is 5.56 Å². The largest absolute Gasteiger partial charge is 0.499 e. The van der Waals surface area contributed by atoms with E-state index in [1.807, 2.05) is 0 Å². The highest BCUT2D eigenvalue weighted by atomic mass is 32.1. The zero-order valence-electron chi connectivity index (χ0n) is 5.39. The predicted octanol–water partition coefficient (Wildman–Crippen LogP) is -0.874. The molecule has 0 fully saturated rings. The fourth-order valence-corrected chi connectivity index (χ4v) is 1.45. The molecule has 58 valence electrons. The van der Waals surface area contributed by atoms with E-state index in [0.29, 0.717) is 0 Å². The van der Waals surface area contributed by atoms with E-state index in [1.54, 1.807) is 0 Å². The Labute approximate surface area is 66.9 Å². The maximum absolute atomic E-state index is 10.4. The average Bonchev–Trinajstić information content (AvgIpc) is 2.32. The standard InChI is InChI=1S/C5H5BO4S/c7-5(8)3-1-2-11-4(3)6(9)10/h1-2,9-10H,(H,7,8). The van der Waals surface area contributed by atoms with E-state index >= 15 is 0 Å². The van der Waals surface area contributed by atoms with Crippen molar-refractivity contribution in [2.75, 3.05) is 0 Å². The molecule has 1 aromatic rings. The van der Waals surface area contributed by atoms with Gasteiger partial charge in [0.1, 0.15) is 0 Å². The third kappa shape index (κ3) is 1.59. The van der Waals surface area contributed by atoms with Crippen molar-refractivity contribution in [3.05, 3.63) is 17.0 Å². The van der Waals surface area contributed by atoms with Gasteiger partial charge in [-0.2, -0.15) is 11.3 Å². The van der Waals surface area contributed by atoms with Crippen LogP contribution >= 0.6 is 11.3 Å². The summed E-state index contributed by atoms with van der Waals surface area (Å²) >= 11 is 1.01. The summed E-state index contributed by atoms with van der Waals surface area (Å²) in [5.41, 5.74) is -0.0509. The summed E-state index contributed by atoms with van der Waals surface area (Å²) in [5.74, 6) is -1.14. The molecule has 0 amide bonds. The number of aromatic carboxylic acids is 1. The van der Waals surface area contributed by atoms with Crippen LogP contribution in [-0.4, -0.2) is 28.2 Å². The Balaban J connectivity index is 3.06. The maximum atomic E-state index is 10.4. The van der Waals surface area contributed by atoms with Crippen molar-refractivity contribution in [3.8, 4) is 0 Å². The molecule has 0 aliphatic heterocycles. The van der Waals surface area contributed by atoms with Crippen LogP contribution in [0.1, 0.15) is 10.4 Å². The summed E-state index contributed by atoms with van der Waals surface area (Å²) in [5, 5.41) is 27.3. The molecule has 0 saturated carbocycles. The summed E-state index contributed by atoms with van der Waals surface area (Å²) in [4.78, 5) is 10.4. The van der Waals surface area contributed by atoms with Gasteiger partial charge < -0.3 is 15.2 Å². The molecule has 4 nitrogen and oxygen atoms in total. The molecule has 1 rings (SSSR count). The van der Waals surface area contributed by atoms with E-state index in [2.05, 4.69) is 0 Å². The third-order valence-electron chi connectivity index (χ3n) is 1.16. The van der Waals surface area contributed by atoms with Crippen LogP contribution in [0.5, 0.6) is 0 Å². The van der Waals surface area contributed by atoms with Gasteiger partial charge in [-0.05, 0) is 11.4 Å². The lowest BCUT2D eigenvalue weighted by Crippen LogP contribution is -2.31. The third-order valence-corrected chi connectivity index (χ3v) is 2.12. The second kappa shape index (κ2) is 3.04. The molecule has 0 unspecified atom stereocenters. The molecule has 0 radical (unpaired) electrons. The highest BCUT2D eigenvalue weighted by Gasteiger charge is 2.21. The van der Waals surface area contributed by atoms with Crippen LogP contribution in [0.25, 0.3) is 0 Å². The Morgan fingerprint density at radius 2 is 2.18 bits per heavy atom. The van der Waals surface area contributed by atoms with Crippen LogP contribution in [0, 0.1) is 0 Å². The number of carboxylic acids is 1. The van der Waals surface area contributed by atoms with Crippen molar-refractivity contribution in [2.45, 2.75) is 0 Å². The van der Waals surface area contributed by atoms with Crippen molar-refractivity contribution in [2.24, 2.45) is 0 Å². The number of carbonyl (C=O) groups is 1. The first-order valence-corrected chi connectivity index (χ1v) is 3.67. The Morgan fingerprint density at radius 3 is 2.55 bits per heavy atom. The summed E-state index contributed by atoms with van der Waals surface area (Å²) in [6.07, 6.45) is 0. The van der Waals surface area contributed by atoms with E-state index in [9.17, 15) is 4.79 Å². The smallest absolute Gasteiger partial charge is 0.478 e. The van der Waals surface area contributed by atoms with Crippen LogP contribution < -0.4 is 4.78 Å². The molecule has 6 heteroatoms. The molecule has 1 heterocycles. The van der Waals surface area contributed by atoms with Crippen molar-refractivity contribution in [1.82, 2.24) is 0 Å². The molecule has 0 aliphatic rings. The highest BCUT2D eigenvalue weighted by Crippen LogP contribution is 2.03. The number of rotatable bonds is 2. The lowest BCUT2D eigenvalue weighted by Gasteiger charge is -1.95. The lowest BCUT2D eigenvalue weighted by molar-refractivity contribution is 0.0698. The predicted molar refractivity (Wildman–Crippen MR) is 41.1 cm³/mol. The van der Waals surface area contributed by atoms with Crippen LogP contribution in [0.15, 0.2) is 11.4 Å².